The number of unbranched alkanes of at least 4 members (excludes halogenated alkanes) is 7. The van der Waals surface area contributed by atoms with Gasteiger partial charge in [-0.25, -0.2) is 4.79 Å². The topological polar surface area (TPSA) is 236 Å². The molecule has 11 atom stereocenters. The molecular weight excluding hydrogens is 534 g/mol. The molecule has 2 fully saturated rings. The Kier molecular flexibility index (Phi) is 14.1. The van der Waals surface area contributed by atoms with Gasteiger partial charge < -0.3 is 60.4 Å². The molecule has 14 heteroatoms. The highest BCUT2D eigenvalue weighted by molar-refractivity contribution is 5.87. The number of ether oxygens (including phenoxy) is 3. The van der Waals surface area contributed by atoms with Crippen molar-refractivity contribution in [3.05, 3.63) is 0 Å². The lowest BCUT2D eigenvalue weighted by molar-refractivity contribution is -0.344. The summed E-state index contributed by atoms with van der Waals surface area (Å²) in [7, 11) is 0. The van der Waals surface area contributed by atoms with Crippen LogP contribution in [0.15, 0.2) is 0 Å². The molecule has 2 saturated heterocycles. The minimum absolute atomic E-state index is 0.123. The van der Waals surface area contributed by atoms with Crippen LogP contribution in [0.2, 0.25) is 0 Å². The molecule has 0 aromatic rings. The Hall–Kier alpha value is -1.46. The maximum Gasteiger partial charge on any atom is 0.332 e. The molecule has 2 rings (SSSR count). The molecule has 2 aliphatic heterocycles. The number of carboxylic acid groups (broad SMARTS) is 1. The Labute approximate surface area is 233 Å². The minimum atomic E-state index is -2.14. The Balaban J connectivity index is 2.21. The zero-order valence-electron chi connectivity index (χ0n) is 23.2. The third kappa shape index (κ3) is 8.31. The number of rotatable bonds is 16. The first-order valence-corrected chi connectivity index (χ1v) is 14.1. The van der Waals surface area contributed by atoms with E-state index in [-0.39, 0.29) is 6.42 Å². The van der Waals surface area contributed by atoms with E-state index < -0.39 is 91.9 Å². The van der Waals surface area contributed by atoms with Gasteiger partial charge in [-0.05, 0) is 6.42 Å². The Morgan fingerprint density at radius 1 is 0.775 bits per heavy atom. The summed E-state index contributed by atoms with van der Waals surface area (Å²) in [5.74, 6) is -2.20. The van der Waals surface area contributed by atoms with Crippen LogP contribution < -0.4 is 5.32 Å². The van der Waals surface area contributed by atoms with Gasteiger partial charge in [0.05, 0.1) is 13.2 Å². The molecule has 234 valence electrons. The van der Waals surface area contributed by atoms with Gasteiger partial charge in [-0.3, -0.25) is 4.79 Å². The highest BCUT2D eigenvalue weighted by Crippen LogP contribution is 2.35. The van der Waals surface area contributed by atoms with Crippen LogP contribution in [0.5, 0.6) is 0 Å². The minimum Gasteiger partial charge on any atom is -0.479 e. The Bertz CT molecular complexity index is 784. The molecule has 0 aromatic carbocycles. The van der Waals surface area contributed by atoms with E-state index in [0.29, 0.717) is 12.8 Å². The predicted octanol–water partition coefficient (Wildman–Crippen LogP) is -1.86. The number of nitrogens with one attached hydrogen (secondary N) is 1. The van der Waals surface area contributed by atoms with E-state index >= 15 is 0 Å². The number of carbonyl (C=O) groups is 2. The fraction of sp³-hybridized carbons (Fsp3) is 0.923. The molecule has 2 heterocycles. The van der Waals surface area contributed by atoms with Gasteiger partial charge in [-0.1, -0.05) is 58.3 Å². The van der Waals surface area contributed by atoms with Crippen molar-refractivity contribution >= 4 is 11.9 Å². The molecule has 2 aliphatic rings. The fourth-order valence-electron chi connectivity index (χ4n) is 5.41. The number of aliphatic hydroxyl groups is 7. The summed E-state index contributed by atoms with van der Waals surface area (Å²) in [6.45, 7) is 1.68. The second-order valence-electron chi connectivity index (χ2n) is 10.7. The van der Waals surface area contributed by atoms with E-state index in [0.717, 1.165) is 45.4 Å². The van der Waals surface area contributed by atoms with Gasteiger partial charge in [-0.2, -0.15) is 0 Å². The largest absolute Gasteiger partial charge is 0.479 e. The summed E-state index contributed by atoms with van der Waals surface area (Å²) in [5.41, 5.74) is -2.14. The summed E-state index contributed by atoms with van der Waals surface area (Å²) in [6.07, 6.45) is -9.69. The van der Waals surface area contributed by atoms with E-state index in [1.54, 1.807) is 0 Å². The van der Waals surface area contributed by atoms with Crippen molar-refractivity contribution < 1.29 is 64.7 Å². The molecule has 0 aliphatic carbocycles. The number of hydrogen-bond donors (Lipinski definition) is 9. The normalized spacial score (nSPS) is 36.1. The van der Waals surface area contributed by atoms with Crippen LogP contribution in [0.1, 0.15) is 71.6 Å². The van der Waals surface area contributed by atoms with E-state index in [9.17, 15) is 50.4 Å². The third-order valence-corrected chi connectivity index (χ3v) is 7.70. The second kappa shape index (κ2) is 16.2. The Morgan fingerprint density at radius 2 is 1.35 bits per heavy atom. The third-order valence-electron chi connectivity index (χ3n) is 7.70. The molecule has 0 radical (unpaired) electrons. The molecule has 2 unspecified atom stereocenters. The van der Waals surface area contributed by atoms with Crippen molar-refractivity contribution in [1.82, 2.24) is 5.32 Å². The Morgan fingerprint density at radius 3 is 1.88 bits per heavy atom. The summed E-state index contributed by atoms with van der Waals surface area (Å²) in [5, 5.41) is 84.4. The number of amides is 1. The molecule has 0 aromatic heterocycles. The number of carbonyl (C=O) groups excluding carboxylic acids is 1. The van der Waals surface area contributed by atoms with Crippen LogP contribution in [-0.2, 0) is 23.8 Å². The lowest BCUT2D eigenvalue weighted by Gasteiger charge is -2.50. The van der Waals surface area contributed by atoms with Crippen LogP contribution in [0.4, 0.5) is 0 Å². The zero-order chi connectivity index (χ0) is 30.0. The van der Waals surface area contributed by atoms with E-state index in [1.807, 2.05) is 0 Å². The van der Waals surface area contributed by atoms with Crippen LogP contribution in [-0.4, -0.2) is 133 Å². The highest BCUT2D eigenvalue weighted by atomic mass is 16.7. The SMILES string of the molecule is CCCCCCCCCCC(NC(C)=O)(C(=O)O)C1O[C@H](CO)[C@@H](O[C@@H]2O[C@H](CO)[C@H](O)[C@H](O)[C@H]2O)[C@H](O)[C@H]1O. The standard InChI is InChI=1S/C26H47NO13/c1-3-4-5-6-7-8-9-10-11-26(25(36)37,27-14(2)30)23-20(34)19(33)22(16(13-29)38-23)40-24-21(35)18(32)17(31)15(12-28)39-24/h15-24,28-29,31-35H,3-13H2,1-2H3,(H,27,30)(H,36,37)/t15-,16-,17+,18+,19-,20-,21-,22-,23?,24+,26?/m1/s1. The van der Waals surface area contributed by atoms with Gasteiger partial charge in [0.1, 0.15) is 54.9 Å². The lowest BCUT2D eigenvalue weighted by atomic mass is 9.78. The summed E-state index contributed by atoms with van der Waals surface area (Å²) < 4.78 is 16.6. The van der Waals surface area contributed by atoms with Crippen LogP contribution in [0, 0.1) is 0 Å². The first kappa shape index (κ1) is 34.7. The number of carboxylic acids is 1. The predicted molar refractivity (Wildman–Crippen MR) is 138 cm³/mol. The van der Waals surface area contributed by atoms with Crippen molar-refractivity contribution in [2.24, 2.45) is 0 Å². The molecule has 0 bridgehead atoms. The van der Waals surface area contributed by atoms with Crippen molar-refractivity contribution in [3.63, 3.8) is 0 Å². The molecule has 40 heavy (non-hydrogen) atoms. The van der Waals surface area contributed by atoms with Crippen molar-refractivity contribution in [3.8, 4) is 0 Å². The second-order valence-corrected chi connectivity index (χ2v) is 10.7. The van der Waals surface area contributed by atoms with Gasteiger partial charge in [0.15, 0.2) is 11.8 Å². The van der Waals surface area contributed by atoms with Crippen LogP contribution in [0.3, 0.4) is 0 Å². The molecular formula is C26H47NO13. The maximum atomic E-state index is 12.6. The quantitative estimate of drug-likeness (QED) is 0.0911. The first-order chi connectivity index (χ1) is 18.9. The average Bonchev–Trinajstić information content (AvgIpc) is 2.91. The van der Waals surface area contributed by atoms with Gasteiger partial charge >= 0.3 is 5.97 Å². The van der Waals surface area contributed by atoms with Gasteiger partial charge in [0.2, 0.25) is 5.91 Å². The molecule has 0 spiro atoms. The van der Waals surface area contributed by atoms with Crippen LogP contribution in [0.25, 0.3) is 0 Å². The van der Waals surface area contributed by atoms with Crippen molar-refractivity contribution in [2.45, 2.75) is 138 Å². The fourth-order valence-corrected chi connectivity index (χ4v) is 5.41. The molecule has 14 nitrogen and oxygen atoms in total. The van der Waals surface area contributed by atoms with E-state index in [1.165, 1.54) is 0 Å². The van der Waals surface area contributed by atoms with Crippen LogP contribution >= 0.6 is 0 Å². The first-order valence-electron chi connectivity index (χ1n) is 14.1. The van der Waals surface area contributed by atoms with E-state index in [2.05, 4.69) is 12.2 Å². The highest BCUT2D eigenvalue weighted by Gasteiger charge is 2.58. The molecule has 9 N–H and O–H groups in total. The van der Waals surface area contributed by atoms with Gasteiger partial charge in [-0.15, -0.1) is 0 Å². The average molecular weight is 582 g/mol. The summed E-state index contributed by atoms with van der Waals surface area (Å²) >= 11 is 0. The molecule has 0 saturated carbocycles. The lowest BCUT2D eigenvalue weighted by Crippen LogP contribution is -2.73. The molecule has 1 amide bonds. The zero-order valence-corrected chi connectivity index (χ0v) is 23.2. The summed E-state index contributed by atoms with van der Waals surface area (Å²) in [4.78, 5) is 24.7. The van der Waals surface area contributed by atoms with Gasteiger partial charge in [0.25, 0.3) is 0 Å². The van der Waals surface area contributed by atoms with Gasteiger partial charge in [0, 0.05) is 6.92 Å². The van der Waals surface area contributed by atoms with Crippen molar-refractivity contribution in [1.29, 1.82) is 0 Å². The maximum absolute atomic E-state index is 12.6. The number of aliphatic carboxylic acids is 1. The van der Waals surface area contributed by atoms with E-state index in [4.69, 9.17) is 14.2 Å². The number of hydrogen-bond acceptors (Lipinski definition) is 12. The number of aliphatic hydroxyl groups excluding tert-OH is 7. The van der Waals surface area contributed by atoms with Crippen molar-refractivity contribution in [2.75, 3.05) is 13.2 Å². The summed E-state index contributed by atoms with van der Waals surface area (Å²) in [6, 6.07) is 0. The smallest absolute Gasteiger partial charge is 0.332 e. The monoisotopic (exact) mass is 581 g/mol.